The van der Waals surface area contributed by atoms with Gasteiger partial charge in [-0.1, -0.05) is 60.4 Å². The molecule has 1 aromatic heterocycles. The predicted molar refractivity (Wildman–Crippen MR) is 144 cm³/mol. The standard InChI is InChI=1S/C29H38N4O/c1-19(2)18-33(9-7-8-30)28-26(24-12-20(3)10-21(4)13-24)16-31-17-27(28)32-29(34)25-14-22(5)11-23(6)15-25/h10-17,19H,7-9,18,30H2,1-6H3,(H,32,34). The lowest BCUT2D eigenvalue weighted by Crippen LogP contribution is -2.31. The Balaban J connectivity index is 2.15. The molecule has 0 saturated heterocycles. The van der Waals surface area contributed by atoms with Crippen molar-refractivity contribution in [1.82, 2.24) is 4.98 Å². The Hall–Kier alpha value is -3.18. The monoisotopic (exact) mass is 458 g/mol. The highest BCUT2D eigenvalue weighted by molar-refractivity contribution is 6.07. The van der Waals surface area contributed by atoms with Crippen LogP contribution in [0.1, 0.15) is 52.9 Å². The van der Waals surface area contributed by atoms with Crippen LogP contribution in [-0.4, -0.2) is 30.5 Å². The molecule has 0 radical (unpaired) electrons. The third-order valence-corrected chi connectivity index (χ3v) is 5.72. The number of carbonyl (C=O) groups is 1. The summed E-state index contributed by atoms with van der Waals surface area (Å²) in [6.45, 7) is 14.9. The fraction of sp³-hybridized carbons (Fsp3) is 0.379. The molecule has 1 heterocycles. The maximum atomic E-state index is 13.3. The molecule has 2 aromatic carbocycles. The van der Waals surface area contributed by atoms with Crippen molar-refractivity contribution in [3.05, 3.63) is 76.6 Å². The zero-order chi connectivity index (χ0) is 24.8. The summed E-state index contributed by atoms with van der Waals surface area (Å²) in [4.78, 5) is 20.2. The highest BCUT2D eigenvalue weighted by atomic mass is 16.1. The Morgan fingerprint density at radius 2 is 1.53 bits per heavy atom. The lowest BCUT2D eigenvalue weighted by molar-refractivity contribution is 0.102. The van der Waals surface area contributed by atoms with Crippen molar-refractivity contribution in [2.75, 3.05) is 29.9 Å². The molecule has 0 atom stereocenters. The van der Waals surface area contributed by atoms with E-state index in [1.807, 2.05) is 32.2 Å². The van der Waals surface area contributed by atoms with Crippen molar-refractivity contribution >= 4 is 17.3 Å². The molecule has 5 nitrogen and oxygen atoms in total. The van der Waals surface area contributed by atoms with E-state index in [2.05, 4.69) is 67.2 Å². The first-order valence-corrected chi connectivity index (χ1v) is 12.1. The van der Waals surface area contributed by atoms with Crippen LogP contribution >= 0.6 is 0 Å². The van der Waals surface area contributed by atoms with Gasteiger partial charge < -0.3 is 16.0 Å². The Kier molecular flexibility index (Phi) is 8.46. The van der Waals surface area contributed by atoms with E-state index in [9.17, 15) is 4.79 Å². The number of hydrogen-bond acceptors (Lipinski definition) is 4. The molecule has 0 aliphatic carbocycles. The van der Waals surface area contributed by atoms with Gasteiger partial charge in [0.25, 0.3) is 5.91 Å². The molecule has 0 saturated carbocycles. The molecule has 34 heavy (non-hydrogen) atoms. The summed E-state index contributed by atoms with van der Waals surface area (Å²) in [7, 11) is 0. The van der Waals surface area contributed by atoms with Crippen molar-refractivity contribution < 1.29 is 4.79 Å². The number of pyridine rings is 1. The number of anilines is 2. The molecule has 3 N–H and O–H groups in total. The average Bonchev–Trinajstić information content (AvgIpc) is 2.75. The van der Waals surface area contributed by atoms with Gasteiger partial charge in [0.1, 0.15) is 0 Å². The van der Waals surface area contributed by atoms with Gasteiger partial charge in [0.2, 0.25) is 0 Å². The van der Waals surface area contributed by atoms with Crippen LogP contribution in [0, 0.1) is 33.6 Å². The third-order valence-electron chi connectivity index (χ3n) is 5.72. The molecule has 3 aromatic rings. The molecule has 0 spiro atoms. The van der Waals surface area contributed by atoms with E-state index < -0.39 is 0 Å². The molecule has 180 valence electrons. The molecular weight excluding hydrogens is 420 g/mol. The molecular formula is C29H38N4O. The maximum Gasteiger partial charge on any atom is 0.255 e. The van der Waals surface area contributed by atoms with Crippen LogP contribution in [0.5, 0.6) is 0 Å². The Labute approximate surface area is 204 Å². The van der Waals surface area contributed by atoms with Gasteiger partial charge in [-0.05, 0) is 64.3 Å². The van der Waals surface area contributed by atoms with Crippen molar-refractivity contribution in [3.8, 4) is 11.1 Å². The number of nitrogens with two attached hydrogens (primary N) is 1. The smallest absolute Gasteiger partial charge is 0.255 e. The van der Waals surface area contributed by atoms with E-state index >= 15 is 0 Å². The van der Waals surface area contributed by atoms with Crippen LogP contribution in [0.15, 0.2) is 48.8 Å². The molecule has 3 rings (SSSR count). The minimum Gasteiger partial charge on any atom is -0.369 e. The number of benzene rings is 2. The lowest BCUT2D eigenvalue weighted by atomic mass is 9.99. The van der Waals surface area contributed by atoms with E-state index in [-0.39, 0.29) is 5.91 Å². The normalized spacial score (nSPS) is 11.1. The van der Waals surface area contributed by atoms with Gasteiger partial charge in [-0.2, -0.15) is 0 Å². The van der Waals surface area contributed by atoms with Gasteiger partial charge in [-0.25, -0.2) is 0 Å². The SMILES string of the molecule is Cc1cc(C)cc(C(=O)Nc2cncc(-c3cc(C)cc(C)c3)c2N(CCCN)CC(C)C)c1. The minimum atomic E-state index is -0.129. The van der Waals surface area contributed by atoms with Crippen molar-refractivity contribution in [1.29, 1.82) is 0 Å². The highest BCUT2D eigenvalue weighted by Crippen LogP contribution is 2.38. The second-order valence-electron chi connectivity index (χ2n) is 9.77. The molecule has 0 bridgehead atoms. The fourth-order valence-electron chi connectivity index (χ4n) is 4.54. The van der Waals surface area contributed by atoms with Crippen LogP contribution in [0.2, 0.25) is 0 Å². The maximum absolute atomic E-state index is 13.3. The van der Waals surface area contributed by atoms with E-state index in [0.29, 0.717) is 18.0 Å². The summed E-state index contributed by atoms with van der Waals surface area (Å²) < 4.78 is 0. The van der Waals surface area contributed by atoms with Crippen LogP contribution in [-0.2, 0) is 0 Å². The van der Waals surface area contributed by atoms with E-state index in [4.69, 9.17) is 5.73 Å². The summed E-state index contributed by atoms with van der Waals surface area (Å²) in [6, 6.07) is 12.4. The quantitative estimate of drug-likeness (QED) is 0.410. The highest BCUT2D eigenvalue weighted by Gasteiger charge is 2.21. The molecule has 0 unspecified atom stereocenters. The van der Waals surface area contributed by atoms with Gasteiger partial charge >= 0.3 is 0 Å². The predicted octanol–water partition coefficient (Wildman–Crippen LogP) is 6.05. The number of rotatable bonds is 9. The number of carbonyl (C=O) groups excluding carboxylic acids is 1. The first-order valence-electron chi connectivity index (χ1n) is 12.1. The van der Waals surface area contributed by atoms with E-state index in [1.165, 1.54) is 11.1 Å². The number of nitrogens with one attached hydrogen (secondary N) is 1. The number of aromatic nitrogens is 1. The van der Waals surface area contributed by atoms with Crippen molar-refractivity contribution in [3.63, 3.8) is 0 Å². The second-order valence-corrected chi connectivity index (χ2v) is 9.77. The summed E-state index contributed by atoms with van der Waals surface area (Å²) in [5.74, 6) is 0.316. The van der Waals surface area contributed by atoms with E-state index in [1.54, 1.807) is 6.20 Å². The zero-order valence-electron chi connectivity index (χ0n) is 21.4. The van der Waals surface area contributed by atoms with Gasteiger partial charge in [-0.3, -0.25) is 9.78 Å². The number of nitrogens with zero attached hydrogens (tertiary/aromatic N) is 2. The van der Waals surface area contributed by atoms with Crippen LogP contribution in [0.3, 0.4) is 0 Å². The molecule has 0 aliphatic heterocycles. The summed E-state index contributed by atoms with van der Waals surface area (Å²) in [6.07, 6.45) is 4.54. The van der Waals surface area contributed by atoms with Crippen LogP contribution < -0.4 is 16.0 Å². The Morgan fingerprint density at radius 1 is 0.941 bits per heavy atom. The fourth-order valence-corrected chi connectivity index (χ4v) is 4.54. The van der Waals surface area contributed by atoms with Crippen LogP contribution in [0.25, 0.3) is 11.1 Å². The van der Waals surface area contributed by atoms with Gasteiger partial charge in [0.05, 0.1) is 17.6 Å². The number of amides is 1. The second kappa shape index (κ2) is 11.3. The topological polar surface area (TPSA) is 71.2 Å². The largest absolute Gasteiger partial charge is 0.369 e. The zero-order valence-corrected chi connectivity index (χ0v) is 21.4. The first-order chi connectivity index (χ1) is 16.2. The molecule has 0 fully saturated rings. The van der Waals surface area contributed by atoms with E-state index in [0.717, 1.165) is 53.1 Å². The molecule has 0 aliphatic rings. The Bertz CT molecular complexity index is 1110. The Morgan fingerprint density at radius 3 is 2.09 bits per heavy atom. The summed E-state index contributed by atoms with van der Waals surface area (Å²) >= 11 is 0. The molecule has 5 heteroatoms. The summed E-state index contributed by atoms with van der Waals surface area (Å²) in [5, 5.41) is 3.18. The number of hydrogen-bond donors (Lipinski definition) is 2. The van der Waals surface area contributed by atoms with Crippen LogP contribution in [0.4, 0.5) is 11.4 Å². The third kappa shape index (κ3) is 6.45. The first kappa shape index (κ1) is 25.4. The lowest BCUT2D eigenvalue weighted by Gasteiger charge is -2.31. The van der Waals surface area contributed by atoms with Gasteiger partial charge in [0, 0.05) is 30.4 Å². The minimum absolute atomic E-state index is 0.129. The van der Waals surface area contributed by atoms with Gasteiger partial charge in [0.15, 0.2) is 0 Å². The van der Waals surface area contributed by atoms with Gasteiger partial charge in [-0.15, -0.1) is 0 Å². The van der Waals surface area contributed by atoms with Crippen molar-refractivity contribution in [2.45, 2.75) is 48.0 Å². The average molecular weight is 459 g/mol. The number of aryl methyl sites for hydroxylation is 4. The summed E-state index contributed by atoms with van der Waals surface area (Å²) in [5.41, 5.74) is 14.9. The van der Waals surface area contributed by atoms with Crippen molar-refractivity contribution in [2.24, 2.45) is 11.7 Å². The molecule has 1 amide bonds.